The minimum atomic E-state index is -0.265. The highest BCUT2D eigenvalue weighted by Crippen LogP contribution is 2.34. The number of fused-ring (bicyclic) bond motifs is 1. The normalized spacial score (nSPS) is 11.8. The minimum Gasteiger partial charge on any atom is -0.358 e. The average Bonchev–Trinajstić information content (AvgIpc) is 3.50. The number of rotatable bonds is 9. The summed E-state index contributed by atoms with van der Waals surface area (Å²) in [6.45, 7) is 14.4. The van der Waals surface area contributed by atoms with E-state index in [9.17, 15) is 4.39 Å². The molecule has 2 aromatic carbocycles. The molecule has 6 heteroatoms. The molecule has 196 valence electrons. The number of pyridine rings is 1. The summed E-state index contributed by atoms with van der Waals surface area (Å²) < 4.78 is 13.6. The smallest absolute Gasteiger partial charge is 0.123 e. The summed E-state index contributed by atoms with van der Waals surface area (Å²) in [6, 6.07) is 16.9. The maximum Gasteiger partial charge on any atom is 0.123 e. The van der Waals surface area contributed by atoms with E-state index in [1.54, 1.807) is 18.2 Å². The maximum atomic E-state index is 13.6. The molecule has 5 aromatic rings. The van der Waals surface area contributed by atoms with E-state index in [4.69, 9.17) is 0 Å². The van der Waals surface area contributed by atoms with Gasteiger partial charge in [0.25, 0.3) is 0 Å². The van der Waals surface area contributed by atoms with Crippen LogP contribution in [0.25, 0.3) is 39.0 Å². The van der Waals surface area contributed by atoms with E-state index >= 15 is 0 Å². The molecule has 0 aliphatic rings. The number of nitrogens with one attached hydrogen (secondary N) is 3. The highest BCUT2D eigenvalue weighted by atomic mass is 19.1. The van der Waals surface area contributed by atoms with Crippen LogP contribution in [0.2, 0.25) is 0 Å². The third-order valence-electron chi connectivity index (χ3n) is 6.61. The molecule has 0 saturated carbocycles. The summed E-state index contributed by atoms with van der Waals surface area (Å²) >= 11 is 0. The van der Waals surface area contributed by atoms with Gasteiger partial charge in [-0.3, -0.25) is 10.1 Å². The first-order valence-electron chi connectivity index (χ1n) is 13.0. The Kier molecular flexibility index (Phi) is 7.28. The molecule has 0 unspecified atom stereocenters. The van der Waals surface area contributed by atoms with Crippen LogP contribution in [0.5, 0.6) is 0 Å². The topological polar surface area (TPSA) is 69.4 Å². The molecule has 0 aliphatic carbocycles. The van der Waals surface area contributed by atoms with E-state index in [1.165, 1.54) is 12.1 Å². The van der Waals surface area contributed by atoms with E-state index in [1.807, 2.05) is 31.5 Å². The zero-order valence-electron chi connectivity index (χ0n) is 22.5. The van der Waals surface area contributed by atoms with Crippen LogP contribution in [0.15, 0.2) is 98.0 Å². The third kappa shape index (κ3) is 5.60. The number of H-pyrrole nitrogens is 2. The monoisotopic (exact) mass is 517 g/mol. The van der Waals surface area contributed by atoms with Gasteiger partial charge in [0.1, 0.15) is 11.5 Å². The quantitative estimate of drug-likeness (QED) is 0.171. The number of aryl methyl sites for hydroxylation is 1. The Hall–Kier alpha value is -4.71. The molecule has 0 atom stereocenters. The molecule has 39 heavy (non-hydrogen) atoms. The van der Waals surface area contributed by atoms with Crippen molar-refractivity contribution in [2.75, 3.05) is 5.32 Å². The number of benzene rings is 2. The van der Waals surface area contributed by atoms with Crippen LogP contribution in [0.1, 0.15) is 37.1 Å². The van der Waals surface area contributed by atoms with Gasteiger partial charge in [0.05, 0.1) is 23.1 Å². The Bertz CT molecular complexity index is 1690. The van der Waals surface area contributed by atoms with Gasteiger partial charge in [0, 0.05) is 34.1 Å². The van der Waals surface area contributed by atoms with E-state index in [0.29, 0.717) is 5.92 Å². The van der Waals surface area contributed by atoms with Gasteiger partial charge in [0.15, 0.2) is 0 Å². The molecule has 3 N–H and O–H groups in total. The highest BCUT2D eigenvalue weighted by molar-refractivity contribution is 5.96. The van der Waals surface area contributed by atoms with Gasteiger partial charge in [-0.05, 0) is 72.4 Å². The molecule has 0 amide bonds. The first-order chi connectivity index (χ1) is 18.8. The molecule has 0 radical (unpaired) electrons. The fourth-order valence-corrected chi connectivity index (χ4v) is 4.87. The van der Waals surface area contributed by atoms with Crippen molar-refractivity contribution in [3.63, 3.8) is 0 Å². The third-order valence-corrected chi connectivity index (χ3v) is 6.61. The van der Waals surface area contributed by atoms with Crippen molar-refractivity contribution >= 4 is 22.2 Å². The summed E-state index contributed by atoms with van der Waals surface area (Å²) in [5.74, 6) is 0.262. The first-order valence-corrected chi connectivity index (χ1v) is 13.0. The second-order valence-electron chi connectivity index (χ2n) is 10.2. The van der Waals surface area contributed by atoms with Gasteiger partial charge < -0.3 is 10.3 Å². The molecule has 0 fully saturated rings. The lowest BCUT2D eigenvalue weighted by atomic mass is 9.97. The van der Waals surface area contributed by atoms with Gasteiger partial charge in [-0.2, -0.15) is 5.10 Å². The van der Waals surface area contributed by atoms with Crippen molar-refractivity contribution in [1.82, 2.24) is 20.2 Å². The molecular formula is C33H32FN5. The average molecular weight is 518 g/mol. The van der Waals surface area contributed by atoms with Crippen molar-refractivity contribution in [3.8, 4) is 22.5 Å². The zero-order valence-corrected chi connectivity index (χ0v) is 22.5. The number of allylic oxidation sites excluding steroid dienone is 3. The Balaban J connectivity index is 1.50. The molecule has 3 aromatic heterocycles. The lowest BCUT2D eigenvalue weighted by Crippen LogP contribution is -2.02. The largest absolute Gasteiger partial charge is 0.358 e. The summed E-state index contributed by atoms with van der Waals surface area (Å²) in [6.07, 6.45) is 8.27. The lowest BCUT2D eigenvalue weighted by Gasteiger charge is -2.12. The predicted octanol–water partition coefficient (Wildman–Crippen LogP) is 8.66. The molecule has 5 nitrogen and oxygen atoms in total. The van der Waals surface area contributed by atoms with Crippen LogP contribution in [0, 0.1) is 18.7 Å². The summed E-state index contributed by atoms with van der Waals surface area (Å²) in [5, 5.41) is 12.2. The number of aromatic nitrogens is 4. The minimum absolute atomic E-state index is 0.265. The number of aromatic amines is 2. The second-order valence-corrected chi connectivity index (χ2v) is 10.2. The summed E-state index contributed by atoms with van der Waals surface area (Å²) in [5.41, 5.74) is 10.4. The summed E-state index contributed by atoms with van der Waals surface area (Å²) in [7, 11) is 0. The summed E-state index contributed by atoms with van der Waals surface area (Å²) in [4.78, 5) is 7.96. The van der Waals surface area contributed by atoms with Crippen molar-refractivity contribution in [2.24, 2.45) is 5.92 Å². The number of hydrogen-bond acceptors (Lipinski definition) is 3. The molecule has 5 rings (SSSR count). The SMILES string of the molecule is C=C/C=C(/c1ccc(F)cc1)c1cc(-c2n[nH]c3ccc(-c4cncc(NC(=C)CC(C)C)c4)cc23)[nH]c1C. The Labute approximate surface area is 228 Å². The van der Waals surface area contributed by atoms with Crippen molar-refractivity contribution in [1.29, 1.82) is 0 Å². The fourth-order valence-electron chi connectivity index (χ4n) is 4.87. The van der Waals surface area contributed by atoms with E-state index in [2.05, 4.69) is 76.8 Å². The number of nitrogens with zero attached hydrogens (tertiary/aromatic N) is 2. The van der Waals surface area contributed by atoms with E-state index < -0.39 is 0 Å². The van der Waals surface area contributed by atoms with Crippen LogP contribution < -0.4 is 5.32 Å². The maximum absolute atomic E-state index is 13.6. The standard InChI is InChI=1S/C33H32FN5/c1-6-7-28(23-8-11-26(34)12-9-23)29-17-32(37-22(29)5)33-30-16-24(10-13-31(30)38-39-33)25-15-27(19-35-18-25)36-21(4)14-20(2)3/h6-13,15-20,36-37H,1,4,14H2,2-3,5H3,(H,38,39)/b28-7-. The highest BCUT2D eigenvalue weighted by Gasteiger charge is 2.17. The van der Waals surface area contributed by atoms with Crippen molar-refractivity contribution in [2.45, 2.75) is 27.2 Å². The van der Waals surface area contributed by atoms with Crippen LogP contribution >= 0.6 is 0 Å². The molecule has 0 aliphatic heterocycles. The Morgan fingerprint density at radius 2 is 1.85 bits per heavy atom. The van der Waals surface area contributed by atoms with Crippen LogP contribution in [-0.2, 0) is 0 Å². The lowest BCUT2D eigenvalue weighted by molar-refractivity contribution is 0.627. The first kappa shape index (κ1) is 25.9. The molecule has 0 bridgehead atoms. The van der Waals surface area contributed by atoms with Gasteiger partial charge in [0.2, 0.25) is 0 Å². The fraction of sp³-hybridized carbons (Fsp3) is 0.152. The Morgan fingerprint density at radius 1 is 1.05 bits per heavy atom. The zero-order chi connectivity index (χ0) is 27.5. The van der Waals surface area contributed by atoms with Gasteiger partial charge in [-0.1, -0.05) is 57.4 Å². The van der Waals surface area contributed by atoms with Crippen LogP contribution in [-0.4, -0.2) is 20.2 Å². The second kappa shape index (κ2) is 11.0. The van der Waals surface area contributed by atoms with E-state index in [-0.39, 0.29) is 5.82 Å². The van der Waals surface area contributed by atoms with Crippen molar-refractivity contribution < 1.29 is 4.39 Å². The van der Waals surface area contributed by atoms with Gasteiger partial charge in [-0.25, -0.2) is 4.39 Å². The molecule has 3 heterocycles. The van der Waals surface area contributed by atoms with Crippen molar-refractivity contribution in [3.05, 3.63) is 121 Å². The number of hydrogen-bond donors (Lipinski definition) is 3. The molecular weight excluding hydrogens is 485 g/mol. The molecule has 0 saturated heterocycles. The van der Waals surface area contributed by atoms with E-state index in [0.717, 1.165) is 73.6 Å². The Morgan fingerprint density at radius 3 is 2.59 bits per heavy atom. The van der Waals surface area contributed by atoms with Crippen LogP contribution in [0.3, 0.4) is 0 Å². The van der Waals surface area contributed by atoms with Gasteiger partial charge >= 0.3 is 0 Å². The number of halogens is 1. The van der Waals surface area contributed by atoms with Gasteiger partial charge in [-0.15, -0.1) is 0 Å². The number of anilines is 1. The molecule has 0 spiro atoms. The predicted molar refractivity (Wildman–Crippen MR) is 160 cm³/mol. The van der Waals surface area contributed by atoms with Crippen LogP contribution in [0.4, 0.5) is 10.1 Å².